The summed E-state index contributed by atoms with van der Waals surface area (Å²) < 4.78 is 5.28. The molecule has 1 heterocycles. The van der Waals surface area contributed by atoms with E-state index in [1.807, 2.05) is 7.05 Å². The first-order chi connectivity index (χ1) is 8.92. The summed E-state index contributed by atoms with van der Waals surface area (Å²) in [7, 11) is 1.85. The van der Waals surface area contributed by atoms with E-state index >= 15 is 0 Å². The molecular weight excluding hydrogens is 238 g/mol. The van der Waals surface area contributed by atoms with Gasteiger partial charge in [0.25, 0.3) is 0 Å². The molecule has 2 aliphatic rings. The first kappa shape index (κ1) is 14.6. The predicted octanol–water partition coefficient (Wildman–Crippen LogP) is 2.16. The molecule has 4 heteroatoms. The van der Waals surface area contributed by atoms with Crippen molar-refractivity contribution in [2.45, 2.75) is 52.5 Å². The number of rotatable bonds is 3. The van der Waals surface area contributed by atoms with E-state index in [2.05, 4.69) is 36.4 Å². The number of ether oxygens (including phenoxy) is 1. The van der Waals surface area contributed by atoms with Gasteiger partial charge in [-0.15, -0.1) is 0 Å². The fourth-order valence-electron chi connectivity index (χ4n) is 2.78. The van der Waals surface area contributed by atoms with Gasteiger partial charge in [-0.2, -0.15) is 0 Å². The number of hydrogen-bond acceptors (Lipinski definition) is 2. The zero-order chi connectivity index (χ0) is 13.9. The van der Waals surface area contributed by atoms with Gasteiger partial charge in [0.2, 0.25) is 0 Å². The Labute approximate surface area is 117 Å². The lowest BCUT2D eigenvalue weighted by molar-refractivity contribution is -0.0971. The summed E-state index contributed by atoms with van der Waals surface area (Å²) in [6, 6.07) is 0.574. The van der Waals surface area contributed by atoms with Crippen LogP contribution in [0, 0.1) is 10.8 Å². The fourth-order valence-corrected chi connectivity index (χ4v) is 2.78. The highest BCUT2D eigenvalue weighted by atomic mass is 16.5. The van der Waals surface area contributed by atoms with Crippen LogP contribution in [0.4, 0.5) is 0 Å². The van der Waals surface area contributed by atoms with Crippen molar-refractivity contribution < 1.29 is 4.74 Å². The molecule has 0 aromatic rings. The number of nitrogens with one attached hydrogen (secondary N) is 2. The molecule has 2 rings (SSSR count). The summed E-state index contributed by atoms with van der Waals surface area (Å²) in [4.78, 5) is 4.33. The van der Waals surface area contributed by atoms with E-state index in [1.54, 1.807) is 0 Å². The SMILES string of the molecule is CN=C(NCC1(C)COC1)NC1CCC(C)(C)CC1. The Balaban J connectivity index is 1.74. The van der Waals surface area contributed by atoms with Crippen LogP contribution in [0.5, 0.6) is 0 Å². The maximum absolute atomic E-state index is 5.28. The van der Waals surface area contributed by atoms with Crippen molar-refractivity contribution in [1.82, 2.24) is 10.6 Å². The minimum absolute atomic E-state index is 0.284. The van der Waals surface area contributed by atoms with E-state index in [-0.39, 0.29) is 5.41 Å². The van der Waals surface area contributed by atoms with Crippen LogP contribution in [0.2, 0.25) is 0 Å². The van der Waals surface area contributed by atoms with E-state index in [1.165, 1.54) is 25.7 Å². The molecule has 0 amide bonds. The summed E-state index contributed by atoms with van der Waals surface area (Å²) >= 11 is 0. The molecule has 19 heavy (non-hydrogen) atoms. The third-order valence-electron chi connectivity index (χ3n) is 4.49. The number of guanidine groups is 1. The van der Waals surface area contributed by atoms with Crippen LogP contribution in [0.15, 0.2) is 4.99 Å². The van der Waals surface area contributed by atoms with Gasteiger partial charge >= 0.3 is 0 Å². The highest BCUT2D eigenvalue weighted by Gasteiger charge is 2.33. The summed E-state index contributed by atoms with van der Waals surface area (Å²) in [6.45, 7) is 9.63. The van der Waals surface area contributed by atoms with Crippen molar-refractivity contribution in [2.75, 3.05) is 26.8 Å². The van der Waals surface area contributed by atoms with Crippen LogP contribution in [-0.2, 0) is 4.74 Å². The molecule has 0 aromatic heterocycles. The number of hydrogen-bond donors (Lipinski definition) is 2. The first-order valence-corrected chi connectivity index (χ1v) is 7.47. The zero-order valence-corrected chi connectivity index (χ0v) is 12.9. The molecule has 0 unspecified atom stereocenters. The monoisotopic (exact) mass is 267 g/mol. The van der Waals surface area contributed by atoms with Gasteiger partial charge in [-0.1, -0.05) is 20.8 Å². The van der Waals surface area contributed by atoms with Crippen LogP contribution in [0.25, 0.3) is 0 Å². The second-order valence-corrected chi connectivity index (χ2v) is 7.31. The minimum Gasteiger partial charge on any atom is -0.380 e. The molecule has 1 aliphatic carbocycles. The highest BCUT2D eigenvalue weighted by molar-refractivity contribution is 5.80. The van der Waals surface area contributed by atoms with Gasteiger partial charge < -0.3 is 15.4 Å². The number of aliphatic imine (C=N–C) groups is 1. The largest absolute Gasteiger partial charge is 0.380 e. The second kappa shape index (κ2) is 5.70. The van der Waals surface area contributed by atoms with E-state index in [4.69, 9.17) is 4.74 Å². The van der Waals surface area contributed by atoms with E-state index < -0.39 is 0 Å². The van der Waals surface area contributed by atoms with Crippen molar-refractivity contribution in [2.24, 2.45) is 15.8 Å². The molecule has 110 valence electrons. The molecule has 2 fully saturated rings. The summed E-state index contributed by atoms with van der Waals surface area (Å²) in [5.74, 6) is 0.942. The Bertz CT molecular complexity index is 324. The molecule has 1 aliphatic heterocycles. The molecule has 2 N–H and O–H groups in total. The molecule has 4 nitrogen and oxygen atoms in total. The van der Waals surface area contributed by atoms with Crippen molar-refractivity contribution >= 4 is 5.96 Å². The van der Waals surface area contributed by atoms with Gasteiger partial charge in [0.1, 0.15) is 0 Å². The van der Waals surface area contributed by atoms with Crippen LogP contribution in [0.1, 0.15) is 46.5 Å². The minimum atomic E-state index is 0.284. The van der Waals surface area contributed by atoms with Crippen LogP contribution in [0.3, 0.4) is 0 Å². The van der Waals surface area contributed by atoms with E-state index in [9.17, 15) is 0 Å². The third kappa shape index (κ3) is 4.10. The topological polar surface area (TPSA) is 45.7 Å². The standard InChI is InChI=1S/C15H29N3O/c1-14(2)7-5-12(6-8-14)18-13(16-4)17-9-15(3)10-19-11-15/h12H,5-11H2,1-4H3,(H2,16,17,18). The van der Waals surface area contributed by atoms with Crippen molar-refractivity contribution in [1.29, 1.82) is 0 Å². The lowest BCUT2D eigenvalue weighted by Crippen LogP contribution is -2.52. The second-order valence-electron chi connectivity index (χ2n) is 7.31. The van der Waals surface area contributed by atoms with E-state index in [0.29, 0.717) is 11.5 Å². The van der Waals surface area contributed by atoms with Crippen LogP contribution < -0.4 is 10.6 Å². The highest BCUT2D eigenvalue weighted by Crippen LogP contribution is 2.34. The van der Waals surface area contributed by atoms with Gasteiger partial charge in [-0.3, -0.25) is 4.99 Å². The first-order valence-electron chi connectivity index (χ1n) is 7.47. The average Bonchev–Trinajstić information content (AvgIpc) is 2.34. The summed E-state index contributed by atoms with van der Waals surface area (Å²) in [6.07, 6.45) is 5.09. The summed E-state index contributed by atoms with van der Waals surface area (Å²) in [5.41, 5.74) is 0.804. The smallest absolute Gasteiger partial charge is 0.191 e. The van der Waals surface area contributed by atoms with Crippen molar-refractivity contribution in [3.05, 3.63) is 0 Å². The molecule has 0 aromatic carbocycles. The molecule has 0 radical (unpaired) electrons. The Kier molecular flexibility index (Phi) is 4.39. The van der Waals surface area contributed by atoms with Gasteiger partial charge in [0, 0.05) is 25.0 Å². The molecule has 1 saturated heterocycles. The maximum atomic E-state index is 5.28. The Morgan fingerprint density at radius 1 is 1.21 bits per heavy atom. The third-order valence-corrected chi connectivity index (χ3v) is 4.49. The van der Waals surface area contributed by atoms with Gasteiger partial charge in [0.05, 0.1) is 13.2 Å². The molecule has 1 saturated carbocycles. The predicted molar refractivity (Wildman–Crippen MR) is 79.5 cm³/mol. The average molecular weight is 267 g/mol. The zero-order valence-electron chi connectivity index (χ0n) is 12.9. The summed E-state index contributed by atoms with van der Waals surface area (Å²) in [5, 5.41) is 7.00. The molecular formula is C15H29N3O. The van der Waals surface area contributed by atoms with Crippen LogP contribution >= 0.6 is 0 Å². The normalized spacial score (nSPS) is 26.6. The maximum Gasteiger partial charge on any atom is 0.191 e. The van der Waals surface area contributed by atoms with Gasteiger partial charge in [-0.05, 0) is 31.1 Å². The van der Waals surface area contributed by atoms with Gasteiger partial charge in [-0.25, -0.2) is 0 Å². The van der Waals surface area contributed by atoms with Crippen LogP contribution in [-0.4, -0.2) is 38.8 Å². The Morgan fingerprint density at radius 2 is 1.84 bits per heavy atom. The Hall–Kier alpha value is -0.770. The van der Waals surface area contributed by atoms with E-state index in [0.717, 1.165) is 25.7 Å². The molecule has 0 bridgehead atoms. The van der Waals surface area contributed by atoms with Crippen molar-refractivity contribution in [3.8, 4) is 0 Å². The van der Waals surface area contributed by atoms with Gasteiger partial charge in [0.15, 0.2) is 5.96 Å². The quantitative estimate of drug-likeness (QED) is 0.608. The number of nitrogens with zero attached hydrogens (tertiary/aromatic N) is 1. The molecule has 0 atom stereocenters. The molecule has 0 spiro atoms. The van der Waals surface area contributed by atoms with Crippen molar-refractivity contribution in [3.63, 3.8) is 0 Å². The fraction of sp³-hybridized carbons (Fsp3) is 0.933. The lowest BCUT2D eigenvalue weighted by Gasteiger charge is -2.39. The lowest BCUT2D eigenvalue weighted by atomic mass is 9.75. The Morgan fingerprint density at radius 3 is 2.32 bits per heavy atom.